The molecule has 1 aliphatic heterocycles. The third-order valence-corrected chi connectivity index (χ3v) is 5.88. The number of fused-ring (bicyclic) bond motifs is 1. The van der Waals surface area contributed by atoms with E-state index in [1.165, 1.54) is 16.9 Å². The number of carbonyl (C=O) groups excluding carboxylic acids is 1. The van der Waals surface area contributed by atoms with Crippen molar-refractivity contribution in [3.63, 3.8) is 0 Å². The lowest BCUT2D eigenvalue weighted by atomic mass is 10.0. The van der Waals surface area contributed by atoms with E-state index in [0.29, 0.717) is 27.8 Å². The van der Waals surface area contributed by atoms with Gasteiger partial charge in [0, 0.05) is 30.4 Å². The highest BCUT2D eigenvalue weighted by Gasteiger charge is 2.44. The van der Waals surface area contributed by atoms with E-state index in [9.17, 15) is 9.59 Å². The van der Waals surface area contributed by atoms with Crippen LogP contribution in [-0.2, 0) is 7.05 Å². The van der Waals surface area contributed by atoms with Crippen molar-refractivity contribution in [2.24, 2.45) is 7.05 Å². The highest BCUT2D eigenvalue weighted by atomic mass is 35.5. The summed E-state index contributed by atoms with van der Waals surface area (Å²) >= 11 is 6.14. The summed E-state index contributed by atoms with van der Waals surface area (Å²) in [5.74, 6) is 0.384. The van der Waals surface area contributed by atoms with E-state index in [-0.39, 0.29) is 17.5 Å². The summed E-state index contributed by atoms with van der Waals surface area (Å²) in [5.41, 5.74) is 3.18. The van der Waals surface area contributed by atoms with E-state index in [4.69, 9.17) is 21.1 Å². The first-order valence-electron chi connectivity index (χ1n) is 10.1. The lowest BCUT2D eigenvalue weighted by Gasteiger charge is -2.28. The summed E-state index contributed by atoms with van der Waals surface area (Å²) in [6.45, 7) is 4.08. The van der Waals surface area contributed by atoms with Gasteiger partial charge in [-0.25, -0.2) is 4.98 Å². The van der Waals surface area contributed by atoms with Crippen LogP contribution in [0.5, 0.6) is 0 Å². The van der Waals surface area contributed by atoms with E-state index in [0.717, 1.165) is 11.3 Å². The second-order valence-corrected chi connectivity index (χ2v) is 8.45. The van der Waals surface area contributed by atoms with Crippen molar-refractivity contribution in [3.8, 4) is 11.4 Å². The molecule has 1 aliphatic rings. The van der Waals surface area contributed by atoms with Crippen LogP contribution in [0.3, 0.4) is 0 Å². The number of aryl methyl sites for hydroxylation is 1. The molecule has 4 heterocycles. The topological polar surface area (TPSA) is 86.2 Å². The normalized spacial score (nSPS) is 15.6. The highest BCUT2D eigenvalue weighted by Crippen LogP contribution is 2.44. The molecule has 0 saturated carbocycles. The zero-order valence-corrected chi connectivity index (χ0v) is 18.4. The number of imidazole rings is 1. The molecule has 0 saturated heterocycles. The van der Waals surface area contributed by atoms with E-state index < -0.39 is 6.04 Å². The Hall–Kier alpha value is -3.65. The minimum absolute atomic E-state index is 0.0128. The van der Waals surface area contributed by atoms with Crippen LogP contribution in [0, 0.1) is 0 Å². The van der Waals surface area contributed by atoms with E-state index in [1.54, 1.807) is 42.5 Å². The van der Waals surface area contributed by atoms with Crippen LogP contribution in [-0.4, -0.2) is 25.2 Å². The lowest BCUT2D eigenvalue weighted by Crippen LogP contribution is -2.31. The molecule has 0 spiro atoms. The SMILES string of the molecule is CC(C)n1c(-c2cnoc2)nc2c1C(c1ccc(Cl)cc1)N(c1ccc(=O)n(C)c1)C2=O. The molecule has 1 amide bonds. The Kier molecular flexibility index (Phi) is 4.74. The van der Waals surface area contributed by atoms with Crippen molar-refractivity contribution in [1.82, 2.24) is 19.3 Å². The fourth-order valence-electron chi connectivity index (χ4n) is 4.20. The molecule has 9 heteroatoms. The van der Waals surface area contributed by atoms with Gasteiger partial charge in [0.15, 0.2) is 5.69 Å². The first kappa shape index (κ1) is 20.3. The van der Waals surface area contributed by atoms with Crippen LogP contribution in [0.1, 0.15) is 47.7 Å². The molecule has 4 aromatic rings. The number of anilines is 1. The first-order valence-corrected chi connectivity index (χ1v) is 10.5. The second kappa shape index (κ2) is 7.49. The Balaban J connectivity index is 1.78. The fraction of sp³-hybridized carbons (Fsp3) is 0.217. The van der Waals surface area contributed by atoms with Gasteiger partial charge in [0.25, 0.3) is 5.91 Å². The lowest BCUT2D eigenvalue weighted by molar-refractivity contribution is 0.0989. The smallest absolute Gasteiger partial charge is 0.279 e. The highest BCUT2D eigenvalue weighted by molar-refractivity contribution is 6.30. The van der Waals surface area contributed by atoms with Crippen molar-refractivity contribution < 1.29 is 9.32 Å². The number of benzene rings is 1. The van der Waals surface area contributed by atoms with Crippen LogP contribution in [0.25, 0.3) is 11.4 Å². The van der Waals surface area contributed by atoms with Crippen LogP contribution in [0.4, 0.5) is 5.69 Å². The molecule has 1 aromatic carbocycles. The molecule has 0 fully saturated rings. The van der Waals surface area contributed by atoms with Gasteiger partial charge in [-0.1, -0.05) is 28.9 Å². The van der Waals surface area contributed by atoms with Crippen molar-refractivity contribution in [1.29, 1.82) is 0 Å². The predicted octanol–water partition coefficient (Wildman–Crippen LogP) is 4.22. The van der Waals surface area contributed by atoms with E-state index in [2.05, 4.69) is 5.16 Å². The zero-order valence-electron chi connectivity index (χ0n) is 17.7. The first-order chi connectivity index (χ1) is 15.4. The molecule has 0 N–H and O–H groups in total. The number of pyridine rings is 1. The molecule has 8 nitrogen and oxygen atoms in total. The number of rotatable bonds is 4. The van der Waals surface area contributed by atoms with Crippen molar-refractivity contribution in [2.45, 2.75) is 25.9 Å². The Bertz CT molecular complexity index is 1370. The largest absolute Gasteiger partial charge is 0.364 e. The number of carbonyl (C=O) groups is 1. The second-order valence-electron chi connectivity index (χ2n) is 8.01. The van der Waals surface area contributed by atoms with Gasteiger partial charge in [-0.3, -0.25) is 14.5 Å². The van der Waals surface area contributed by atoms with Gasteiger partial charge in [-0.15, -0.1) is 0 Å². The maximum Gasteiger partial charge on any atom is 0.279 e. The Morgan fingerprint density at radius 2 is 1.84 bits per heavy atom. The van der Waals surface area contributed by atoms with Gasteiger partial charge < -0.3 is 13.7 Å². The van der Waals surface area contributed by atoms with Crippen LogP contribution >= 0.6 is 11.6 Å². The molecule has 1 unspecified atom stereocenters. The third kappa shape index (κ3) is 3.06. The number of aromatic nitrogens is 4. The van der Waals surface area contributed by atoms with Gasteiger partial charge in [0.2, 0.25) is 5.56 Å². The minimum atomic E-state index is -0.448. The average molecular weight is 450 g/mol. The number of nitrogens with zero attached hydrogens (tertiary/aromatic N) is 5. The van der Waals surface area contributed by atoms with E-state index >= 15 is 0 Å². The molecule has 0 bridgehead atoms. The summed E-state index contributed by atoms with van der Waals surface area (Å²) in [7, 11) is 1.66. The molecule has 0 radical (unpaired) electrons. The Labute approximate surface area is 188 Å². The number of hydrogen-bond donors (Lipinski definition) is 0. The molecule has 162 valence electrons. The average Bonchev–Trinajstić information content (AvgIpc) is 3.47. The van der Waals surface area contributed by atoms with Crippen molar-refractivity contribution >= 4 is 23.2 Å². The molecule has 32 heavy (non-hydrogen) atoms. The summed E-state index contributed by atoms with van der Waals surface area (Å²) < 4.78 is 8.52. The molecular weight excluding hydrogens is 430 g/mol. The summed E-state index contributed by atoms with van der Waals surface area (Å²) in [4.78, 5) is 32.1. The molecular formula is C23H20ClN5O3. The maximum absolute atomic E-state index is 13.7. The standard InChI is InChI=1S/C23H20ClN5O3/c1-13(2)28-21-19(26-22(28)15-10-25-32-12-15)23(31)29(17-8-9-18(30)27(3)11-17)20(21)14-4-6-16(24)7-5-14/h4-13,20H,1-3H3. The summed E-state index contributed by atoms with van der Waals surface area (Å²) in [6, 6.07) is 10.1. The van der Waals surface area contributed by atoms with Gasteiger partial charge >= 0.3 is 0 Å². The molecule has 5 rings (SSSR count). The molecule has 1 atom stereocenters. The van der Waals surface area contributed by atoms with Crippen LogP contribution in [0.2, 0.25) is 5.02 Å². The Morgan fingerprint density at radius 3 is 2.47 bits per heavy atom. The zero-order chi connectivity index (χ0) is 22.6. The van der Waals surface area contributed by atoms with Crippen LogP contribution in [0.15, 0.2) is 64.4 Å². The maximum atomic E-state index is 13.7. The molecule has 0 aliphatic carbocycles. The number of hydrogen-bond acceptors (Lipinski definition) is 5. The van der Waals surface area contributed by atoms with Gasteiger partial charge in [-0.2, -0.15) is 0 Å². The Morgan fingerprint density at radius 1 is 1.09 bits per heavy atom. The third-order valence-electron chi connectivity index (χ3n) is 5.63. The summed E-state index contributed by atoms with van der Waals surface area (Å²) in [5, 5.41) is 4.40. The summed E-state index contributed by atoms with van der Waals surface area (Å²) in [6.07, 6.45) is 4.77. The number of amides is 1. The number of halogens is 1. The van der Waals surface area contributed by atoms with Crippen molar-refractivity contribution in [2.75, 3.05) is 4.90 Å². The predicted molar refractivity (Wildman–Crippen MR) is 120 cm³/mol. The minimum Gasteiger partial charge on any atom is -0.364 e. The van der Waals surface area contributed by atoms with Gasteiger partial charge in [0.05, 0.1) is 23.1 Å². The van der Waals surface area contributed by atoms with Gasteiger partial charge in [-0.05, 0) is 37.6 Å². The fourth-order valence-corrected chi connectivity index (χ4v) is 4.33. The molecule has 3 aromatic heterocycles. The van der Waals surface area contributed by atoms with Crippen molar-refractivity contribution in [3.05, 3.63) is 87.4 Å². The van der Waals surface area contributed by atoms with E-state index in [1.807, 2.05) is 30.5 Å². The monoisotopic (exact) mass is 449 g/mol. The quantitative estimate of drug-likeness (QED) is 0.465. The van der Waals surface area contributed by atoms with Gasteiger partial charge in [0.1, 0.15) is 18.1 Å². The van der Waals surface area contributed by atoms with Crippen LogP contribution < -0.4 is 10.5 Å².